The fraction of sp³-hybridized carbons (Fsp3) is 0.714. The first-order chi connectivity index (χ1) is 4.89. The molecule has 0 fully saturated rings. The molecule has 3 nitrogen and oxygen atoms in total. The van der Waals surface area contributed by atoms with E-state index in [0.717, 1.165) is 0 Å². The fourth-order valence-corrected chi connectivity index (χ4v) is 1.45. The van der Waals surface area contributed by atoms with Gasteiger partial charge in [-0.1, -0.05) is 6.08 Å². The highest BCUT2D eigenvalue weighted by Crippen LogP contribution is 2.05. The summed E-state index contributed by atoms with van der Waals surface area (Å²) in [6.45, 7) is 5.10. The van der Waals surface area contributed by atoms with Crippen molar-refractivity contribution in [2.45, 2.75) is 24.6 Å². The Labute approximate surface area is 68.2 Å². The Bertz CT molecular complexity index is 221. The van der Waals surface area contributed by atoms with Gasteiger partial charge in [-0.3, -0.25) is 0 Å². The average molecular weight is 177 g/mol. The Kier molecular flexibility index (Phi) is 3.75. The van der Waals surface area contributed by atoms with E-state index in [4.69, 9.17) is 5.73 Å². The summed E-state index contributed by atoms with van der Waals surface area (Å²) in [6.07, 6.45) is 3.36. The molecular formula is C7H15NO2S. The second kappa shape index (κ2) is 3.88. The highest BCUT2D eigenvalue weighted by atomic mass is 32.2. The summed E-state index contributed by atoms with van der Waals surface area (Å²) in [6, 6.07) is -0.331. The number of hydrogen-bond donors (Lipinski definition) is 1. The van der Waals surface area contributed by atoms with E-state index in [-0.39, 0.29) is 6.04 Å². The van der Waals surface area contributed by atoms with Crippen LogP contribution >= 0.6 is 0 Å². The largest absolute Gasteiger partial charge is 0.326 e. The lowest BCUT2D eigenvalue weighted by atomic mass is 10.2. The van der Waals surface area contributed by atoms with Crippen LogP contribution in [0, 0.1) is 0 Å². The van der Waals surface area contributed by atoms with Crippen LogP contribution in [0.15, 0.2) is 12.7 Å². The number of rotatable bonds is 4. The van der Waals surface area contributed by atoms with Gasteiger partial charge in [0, 0.05) is 12.3 Å². The molecule has 0 aromatic rings. The van der Waals surface area contributed by atoms with Crippen LogP contribution in [0.3, 0.4) is 0 Å². The SMILES string of the molecule is C=CCC(N)C(C)S(C)(=O)=O. The van der Waals surface area contributed by atoms with E-state index < -0.39 is 15.1 Å². The van der Waals surface area contributed by atoms with Crippen LogP contribution in [0.5, 0.6) is 0 Å². The first-order valence-corrected chi connectivity index (χ1v) is 5.40. The molecule has 11 heavy (non-hydrogen) atoms. The highest BCUT2D eigenvalue weighted by molar-refractivity contribution is 7.91. The maximum absolute atomic E-state index is 10.9. The van der Waals surface area contributed by atoms with E-state index in [0.29, 0.717) is 6.42 Å². The molecule has 66 valence electrons. The van der Waals surface area contributed by atoms with Gasteiger partial charge >= 0.3 is 0 Å². The van der Waals surface area contributed by atoms with E-state index in [1.165, 1.54) is 6.26 Å². The highest BCUT2D eigenvalue weighted by Gasteiger charge is 2.20. The summed E-state index contributed by atoms with van der Waals surface area (Å²) < 4.78 is 21.9. The van der Waals surface area contributed by atoms with Gasteiger partial charge in [0.05, 0.1) is 5.25 Å². The van der Waals surface area contributed by atoms with Crippen LogP contribution < -0.4 is 5.73 Å². The van der Waals surface area contributed by atoms with E-state index in [1.54, 1.807) is 13.0 Å². The summed E-state index contributed by atoms with van der Waals surface area (Å²) in [4.78, 5) is 0. The molecule has 2 N–H and O–H groups in total. The first kappa shape index (κ1) is 10.7. The minimum atomic E-state index is -3.00. The van der Waals surface area contributed by atoms with Crippen molar-refractivity contribution in [3.05, 3.63) is 12.7 Å². The molecule has 0 rings (SSSR count). The lowest BCUT2D eigenvalue weighted by Gasteiger charge is -2.15. The van der Waals surface area contributed by atoms with Gasteiger partial charge in [0.2, 0.25) is 0 Å². The molecule has 2 atom stereocenters. The molecule has 0 spiro atoms. The van der Waals surface area contributed by atoms with E-state index >= 15 is 0 Å². The van der Waals surface area contributed by atoms with Gasteiger partial charge in [-0.25, -0.2) is 8.42 Å². The monoisotopic (exact) mass is 177 g/mol. The lowest BCUT2D eigenvalue weighted by Crippen LogP contribution is -2.37. The van der Waals surface area contributed by atoms with E-state index in [2.05, 4.69) is 6.58 Å². The Morgan fingerprint density at radius 1 is 1.64 bits per heavy atom. The minimum Gasteiger partial charge on any atom is -0.326 e. The predicted octanol–water partition coefficient (Wildman–Crippen LogP) is 0.323. The standard InChI is InChI=1S/C7H15NO2S/c1-4-5-7(8)6(2)11(3,9)10/h4,6-7H,1,5,8H2,2-3H3. The normalized spacial score (nSPS) is 17.4. The molecule has 0 radical (unpaired) electrons. The number of nitrogens with two attached hydrogens (primary N) is 1. The van der Waals surface area contributed by atoms with Crippen molar-refractivity contribution in [2.24, 2.45) is 5.73 Å². The molecule has 0 aromatic heterocycles. The Morgan fingerprint density at radius 3 is 2.36 bits per heavy atom. The van der Waals surface area contributed by atoms with Gasteiger partial charge in [0.1, 0.15) is 0 Å². The summed E-state index contributed by atoms with van der Waals surface area (Å²) >= 11 is 0. The quantitative estimate of drug-likeness (QED) is 0.629. The molecule has 0 saturated heterocycles. The van der Waals surface area contributed by atoms with Crippen molar-refractivity contribution in [1.29, 1.82) is 0 Å². The van der Waals surface area contributed by atoms with Crippen molar-refractivity contribution < 1.29 is 8.42 Å². The smallest absolute Gasteiger partial charge is 0.151 e. The van der Waals surface area contributed by atoms with Gasteiger partial charge < -0.3 is 5.73 Å². The van der Waals surface area contributed by atoms with Gasteiger partial charge in [0.25, 0.3) is 0 Å². The Balaban J connectivity index is 4.25. The molecule has 0 aliphatic rings. The van der Waals surface area contributed by atoms with Crippen molar-refractivity contribution in [3.8, 4) is 0 Å². The van der Waals surface area contributed by atoms with Gasteiger partial charge in [-0.05, 0) is 13.3 Å². The van der Waals surface area contributed by atoms with E-state index in [9.17, 15) is 8.42 Å². The Hall–Kier alpha value is -0.350. The van der Waals surface area contributed by atoms with Gasteiger partial charge in [0.15, 0.2) is 9.84 Å². The molecule has 0 aromatic carbocycles. The third kappa shape index (κ3) is 3.53. The third-order valence-electron chi connectivity index (χ3n) is 1.72. The number of sulfone groups is 1. The molecular weight excluding hydrogens is 162 g/mol. The average Bonchev–Trinajstić information content (AvgIpc) is 1.85. The van der Waals surface area contributed by atoms with Crippen molar-refractivity contribution >= 4 is 9.84 Å². The van der Waals surface area contributed by atoms with Crippen LogP contribution in [0.2, 0.25) is 0 Å². The molecule has 0 amide bonds. The summed E-state index contributed by atoms with van der Waals surface area (Å²) in [5.74, 6) is 0. The summed E-state index contributed by atoms with van der Waals surface area (Å²) in [5.41, 5.74) is 5.56. The van der Waals surface area contributed by atoms with Crippen molar-refractivity contribution in [3.63, 3.8) is 0 Å². The Morgan fingerprint density at radius 2 is 2.09 bits per heavy atom. The van der Waals surface area contributed by atoms with Crippen LogP contribution in [0.1, 0.15) is 13.3 Å². The maximum atomic E-state index is 10.9. The van der Waals surface area contributed by atoms with Crippen molar-refractivity contribution in [2.75, 3.05) is 6.26 Å². The van der Waals surface area contributed by atoms with Crippen LogP contribution in [0.4, 0.5) is 0 Å². The summed E-state index contributed by atoms with van der Waals surface area (Å²) in [5, 5.41) is -0.486. The second-order valence-electron chi connectivity index (χ2n) is 2.72. The molecule has 0 saturated carbocycles. The van der Waals surface area contributed by atoms with E-state index in [1.807, 2.05) is 0 Å². The predicted molar refractivity (Wildman–Crippen MR) is 47.1 cm³/mol. The fourth-order valence-electron chi connectivity index (χ4n) is 0.702. The third-order valence-corrected chi connectivity index (χ3v) is 3.42. The molecule has 0 bridgehead atoms. The minimum absolute atomic E-state index is 0.331. The van der Waals surface area contributed by atoms with Gasteiger partial charge in [-0.15, -0.1) is 6.58 Å². The molecule has 0 heterocycles. The van der Waals surface area contributed by atoms with Crippen molar-refractivity contribution in [1.82, 2.24) is 0 Å². The molecule has 0 aliphatic carbocycles. The zero-order chi connectivity index (χ0) is 9.07. The van der Waals surface area contributed by atoms with Crippen LogP contribution in [0.25, 0.3) is 0 Å². The molecule has 0 aliphatic heterocycles. The summed E-state index contributed by atoms with van der Waals surface area (Å²) in [7, 11) is -3.00. The zero-order valence-corrected chi connectivity index (χ0v) is 7.76. The van der Waals surface area contributed by atoms with Gasteiger partial charge in [-0.2, -0.15) is 0 Å². The van der Waals surface area contributed by atoms with Crippen LogP contribution in [-0.2, 0) is 9.84 Å². The first-order valence-electron chi connectivity index (χ1n) is 3.45. The lowest BCUT2D eigenvalue weighted by molar-refractivity contribution is 0.565. The molecule has 4 heteroatoms. The maximum Gasteiger partial charge on any atom is 0.151 e. The second-order valence-corrected chi connectivity index (χ2v) is 5.13. The zero-order valence-electron chi connectivity index (χ0n) is 6.95. The topological polar surface area (TPSA) is 60.2 Å². The van der Waals surface area contributed by atoms with Crippen LogP contribution in [-0.4, -0.2) is 26.0 Å². The number of hydrogen-bond acceptors (Lipinski definition) is 3. The molecule has 2 unspecified atom stereocenters.